The van der Waals surface area contributed by atoms with Crippen molar-refractivity contribution in [3.8, 4) is 0 Å². The van der Waals surface area contributed by atoms with E-state index in [1.165, 1.54) is 0 Å². The van der Waals surface area contributed by atoms with Crippen LogP contribution in [0.1, 0.15) is 50.5 Å². The molecule has 0 saturated heterocycles. The molecule has 0 bridgehead atoms. The average molecular weight is 336 g/mol. The van der Waals surface area contributed by atoms with Gasteiger partial charge in [0.25, 0.3) is 0 Å². The number of carbonyl (C=O) groups is 2. The summed E-state index contributed by atoms with van der Waals surface area (Å²) in [5, 5.41) is 0.479. The molecule has 0 aliphatic heterocycles. The van der Waals surface area contributed by atoms with Gasteiger partial charge >= 0.3 is 6.15 Å². The Hall–Kier alpha value is -1.71. The highest BCUT2D eigenvalue weighted by Gasteiger charge is 2.16. The van der Waals surface area contributed by atoms with Gasteiger partial charge in [0.2, 0.25) is 0 Å². The molecule has 1 aromatic rings. The Morgan fingerprint density at radius 1 is 1.00 bits per heavy atom. The summed E-state index contributed by atoms with van der Waals surface area (Å²) in [6.45, 7) is 9.94. The van der Waals surface area contributed by atoms with Crippen LogP contribution in [0.15, 0.2) is 24.3 Å². The molecule has 5 heteroatoms. The van der Waals surface area contributed by atoms with E-state index < -0.39 is 0 Å². The summed E-state index contributed by atoms with van der Waals surface area (Å²) in [7, 11) is 0. The predicted molar refractivity (Wildman–Crippen MR) is 91.5 cm³/mol. The monoisotopic (exact) mass is 336 g/mol. The molecule has 0 saturated carbocycles. The number of hydrogen-bond acceptors (Lipinski definition) is 5. The Balaban J connectivity index is 0.00000149. The van der Waals surface area contributed by atoms with Gasteiger partial charge in [-0.05, 0) is 17.7 Å². The number of Topliss-reactive ketones (excluding diaryl/α,β-unsaturated/α-hetero) is 2. The fourth-order valence-corrected chi connectivity index (χ4v) is 3.00. The van der Waals surface area contributed by atoms with Gasteiger partial charge in [-0.15, -0.1) is 11.8 Å². The van der Waals surface area contributed by atoms with E-state index in [1.54, 1.807) is 11.8 Å². The summed E-state index contributed by atoms with van der Waals surface area (Å²) < 4.78 is 0. The smallest absolute Gasteiger partial charge is 0.298 e. The van der Waals surface area contributed by atoms with Gasteiger partial charge in [0.05, 0.1) is 5.25 Å². The van der Waals surface area contributed by atoms with Crippen LogP contribution in [0, 0.1) is 5.92 Å². The van der Waals surface area contributed by atoms with Crippen LogP contribution in [0.3, 0.4) is 0 Å². The highest BCUT2D eigenvalue weighted by atomic mass is 32.2. The summed E-state index contributed by atoms with van der Waals surface area (Å²) in [6, 6.07) is 7.43. The molecule has 0 aliphatic carbocycles. The Labute approximate surface area is 142 Å². The minimum absolute atomic E-state index is 0.00458. The van der Waals surface area contributed by atoms with Gasteiger partial charge in [-0.1, -0.05) is 52.0 Å². The van der Waals surface area contributed by atoms with Crippen molar-refractivity contribution in [3.63, 3.8) is 0 Å². The number of rotatable bonds is 7. The standard InChI is InChI=1S/C17H24O2S.CO2/c1-11(2)17(19)15-8-6-14(7-9-15)10-16(18)13(5)20-12(3)4;2-1-3/h6-9,11-13H,10H2,1-5H3;. The van der Waals surface area contributed by atoms with Crippen molar-refractivity contribution in [3.05, 3.63) is 35.4 Å². The molecular weight excluding hydrogens is 312 g/mol. The molecule has 0 fully saturated rings. The molecule has 0 heterocycles. The van der Waals surface area contributed by atoms with E-state index in [4.69, 9.17) is 9.59 Å². The van der Waals surface area contributed by atoms with Crippen molar-refractivity contribution >= 4 is 29.5 Å². The first-order chi connectivity index (χ1) is 10.7. The summed E-state index contributed by atoms with van der Waals surface area (Å²) in [5.41, 5.74) is 1.70. The zero-order chi connectivity index (χ0) is 18.0. The number of benzene rings is 1. The minimum Gasteiger partial charge on any atom is -0.298 e. The Kier molecular flexibility index (Phi) is 10.1. The molecule has 1 aromatic carbocycles. The number of hydrogen-bond donors (Lipinski definition) is 0. The lowest BCUT2D eigenvalue weighted by Gasteiger charge is -2.13. The van der Waals surface area contributed by atoms with Crippen LogP contribution < -0.4 is 0 Å². The second-order valence-corrected chi connectivity index (χ2v) is 7.69. The molecule has 1 atom stereocenters. The molecule has 126 valence electrons. The van der Waals surface area contributed by atoms with Gasteiger partial charge in [0, 0.05) is 17.9 Å². The number of thioether (sulfide) groups is 1. The van der Waals surface area contributed by atoms with E-state index >= 15 is 0 Å². The molecule has 0 N–H and O–H groups in total. The van der Waals surface area contributed by atoms with Crippen molar-refractivity contribution in [1.29, 1.82) is 0 Å². The predicted octanol–water partition coefficient (Wildman–Crippen LogP) is 3.58. The van der Waals surface area contributed by atoms with Crippen LogP contribution >= 0.6 is 11.8 Å². The van der Waals surface area contributed by atoms with Crippen molar-refractivity contribution in [2.24, 2.45) is 5.92 Å². The van der Waals surface area contributed by atoms with Crippen LogP contribution in [-0.4, -0.2) is 28.2 Å². The SMILES string of the molecule is CC(C)SC(C)C(=O)Cc1ccc(C(=O)C(C)C)cc1.O=C=O. The van der Waals surface area contributed by atoms with E-state index in [1.807, 2.05) is 45.0 Å². The van der Waals surface area contributed by atoms with Crippen LogP contribution in [0.5, 0.6) is 0 Å². The van der Waals surface area contributed by atoms with Gasteiger partial charge in [0.15, 0.2) is 5.78 Å². The number of carbonyl (C=O) groups excluding carboxylic acids is 4. The van der Waals surface area contributed by atoms with Crippen molar-refractivity contribution in [2.45, 2.75) is 51.5 Å². The zero-order valence-corrected chi connectivity index (χ0v) is 15.1. The van der Waals surface area contributed by atoms with Gasteiger partial charge in [0.1, 0.15) is 5.78 Å². The van der Waals surface area contributed by atoms with E-state index in [-0.39, 0.29) is 28.9 Å². The Bertz CT molecular complexity index is 541. The van der Waals surface area contributed by atoms with Crippen molar-refractivity contribution in [2.75, 3.05) is 0 Å². The molecule has 0 spiro atoms. The third-order valence-corrected chi connectivity index (χ3v) is 4.29. The summed E-state index contributed by atoms with van der Waals surface area (Å²) >= 11 is 1.69. The molecule has 0 aliphatic rings. The zero-order valence-electron chi connectivity index (χ0n) is 14.3. The third-order valence-electron chi connectivity index (χ3n) is 3.07. The topological polar surface area (TPSA) is 68.3 Å². The normalized spacial score (nSPS) is 11.4. The Morgan fingerprint density at radius 3 is 1.87 bits per heavy atom. The van der Waals surface area contributed by atoms with Crippen LogP contribution in [0.25, 0.3) is 0 Å². The molecule has 1 unspecified atom stereocenters. The lowest BCUT2D eigenvalue weighted by atomic mass is 9.98. The van der Waals surface area contributed by atoms with Crippen LogP contribution in [-0.2, 0) is 20.8 Å². The lowest BCUT2D eigenvalue weighted by molar-refractivity contribution is -0.191. The van der Waals surface area contributed by atoms with Crippen LogP contribution in [0.2, 0.25) is 0 Å². The summed E-state index contributed by atoms with van der Waals surface area (Å²) in [6.07, 6.45) is 0.692. The van der Waals surface area contributed by atoms with Crippen molar-refractivity contribution in [1.82, 2.24) is 0 Å². The molecule has 0 radical (unpaired) electrons. The minimum atomic E-state index is 0.00458. The first kappa shape index (κ1) is 21.3. The van der Waals surface area contributed by atoms with Gasteiger partial charge < -0.3 is 0 Å². The lowest BCUT2D eigenvalue weighted by Crippen LogP contribution is -2.18. The first-order valence-corrected chi connectivity index (χ1v) is 8.47. The summed E-state index contributed by atoms with van der Waals surface area (Å²) in [5.74, 6) is 0.392. The highest BCUT2D eigenvalue weighted by molar-refractivity contribution is 8.01. The highest BCUT2D eigenvalue weighted by Crippen LogP contribution is 2.19. The van der Waals surface area contributed by atoms with Crippen LogP contribution in [0.4, 0.5) is 0 Å². The van der Waals surface area contributed by atoms with Gasteiger partial charge in [-0.25, -0.2) is 0 Å². The second-order valence-electron chi connectivity index (χ2n) is 5.77. The quantitative estimate of drug-likeness (QED) is 0.712. The van der Waals surface area contributed by atoms with Gasteiger partial charge in [-0.2, -0.15) is 9.59 Å². The number of ketones is 2. The molecule has 0 amide bonds. The third kappa shape index (κ3) is 8.48. The van der Waals surface area contributed by atoms with E-state index in [0.717, 1.165) is 11.1 Å². The fraction of sp³-hybridized carbons (Fsp3) is 0.500. The van der Waals surface area contributed by atoms with E-state index in [2.05, 4.69) is 13.8 Å². The molecule has 0 aromatic heterocycles. The molecular formula is C18H24O4S. The summed E-state index contributed by atoms with van der Waals surface area (Å²) in [4.78, 5) is 40.2. The van der Waals surface area contributed by atoms with Crippen molar-refractivity contribution < 1.29 is 19.2 Å². The maximum absolute atomic E-state index is 12.1. The first-order valence-electron chi connectivity index (χ1n) is 7.53. The average Bonchev–Trinajstić information content (AvgIpc) is 2.47. The fourth-order valence-electron chi connectivity index (χ4n) is 1.95. The molecule has 23 heavy (non-hydrogen) atoms. The maximum Gasteiger partial charge on any atom is 0.373 e. The Morgan fingerprint density at radius 2 is 1.48 bits per heavy atom. The van der Waals surface area contributed by atoms with E-state index in [9.17, 15) is 9.59 Å². The maximum atomic E-state index is 12.1. The van der Waals surface area contributed by atoms with E-state index in [0.29, 0.717) is 11.7 Å². The molecule has 4 nitrogen and oxygen atoms in total. The largest absolute Gasteiger partial charge is 0.373 e. The second kappa shape index (κ2) is 10.9. The molecule has 1 rings (SSSR count). The van der Waals surface area contributed by atoms with Gasteiger partial charge in [-0.3, -0.25) is 9.59 Å².